The number of H-pyrrole nitrogens is 1. The molecule has 0 aliphatic heterocycles. The predicted molar refractivity (Wildman–Crippen MR) is 124 cm³/mol. The molecule has 8 nitrogen and oxygen atoms in total. The van der Waals surface area contributed by atoms with Crippen LogP contribution in [0, 0.1) is 11.3 Å². The highest BCUT2D eigenvalue weighted by molar-refractivity contribution is 7.89. The summed E-state index contributed by atoms with van der Waals surface area (Å²) in [5.74, 6) is -0.414. The van der Waals surface area contributed by atoms with Crippen molar-refractivity contribution in [1.82, 2.24) is 20.0 Å². The van der Waals surface area contributed by atoms with Gasteiger partial charge in [0.15, 0.2) is 0 Å². The molecule has 4 rings (SSSR count). The van der Waals surface area contributed by atoms with E-state index in [4.69, 9.17) is 5.26 Å². The number of rotatable bonds is 8. The van der Waals surface area contributed by atoms with E-state index in [-0.39, 0.29) is 23.4 Å². The number of sulfonamides is 1. The van der Waals surface area contributed by atoms with Crippen molar-refractivity contribution in [2.24, 2.45) is 0 Å². The Hall–Kier alpha value is -4.00. The number of amides is 1. The van der Waals surface area contributed by atoms with E-state index in [2.05, 4.69) is 20.0 Å². The van der Waals surface area contributed by atoms with Gasteiger partial charge < -0.3 is 10.3 Å². The maximum absolute atomic E-state index is 13.2. The first-order chi connectivity index (χ1) is 16.0. The van der Waals surface area contributed by atoms with Crippen molar-refractivity contribution < 1.29 is 13.2 Å². The van der Waals surface area contributed by atoms with Gasteiger partial charge in [0.2, 0.25) is 10.0 Å². The molecule has 0 aliphatic rings. The Kier molecular flexibility index (Phi) is 6.49. The molecule has 0 aliphatic carbocycles. The van der Waals surface area contributed by atoms with Gasteiger partial charge in [-0.3, -0.25) is 4.79 Å². The van der Waals surface area contributed by atoms with Crippen molar-refractivity contribution in [3.63, 3.8) is 0 Å². The SMILES string of the molecule is N#CCCNS(=O)(=O)c1cccc(C(=O)N[C@@H](c2ccccc2)c2ccc3nc[nH]c3c2)c1. The van der Waals surface area contributed by atoms with Gasteiger partial charge in [-0.1, -0.05) is 42.5 Å². The molecule has 0 radical (unpaired) electrons. The molecule has 3 aromatic carbocycles. The maximum Gasteiger partial charge on any atom is 0.252 e. The number of carbonyl (C=O) groups is 1. The fourth-order valence-corrected chi connectivity index (χ4v) is 4.56. The number of fused-ring (bicyclic) bond motifs is 1. The van der Waals surface area contributed by atoms with Crippen LogP contribution in [0.3, 0.4) is 0 Å². The second-order valence-electron chi connectivity index (χ2n) is 7.33. The van der Waals surface area contributed by atoms with Crippen LogP contribution in [0.2, 0.25) is 0 Å². The van der Waals surface area contributed by atoms with E-state index in [1.54, 1.807) is 12.4 Å². The monoisotopic (exact) mass is 459 g/mol. The third-order valence-electron chi connectivity index (χ3n) is 5.12. The lowest BCUT2D eigenvalue weighted by atomic mass is 9.97. The number of hydrogen-bond acceptors (Lipinski definition) is 5. The summed E-state index contributed by atoms with van der Waals surface area (Å²) in [5.41, 5.74) is 3.61. The summed E-state index contributed by atoms with van der Waals surface area (Å²) in [4.78, 5) is 20.4. The lowest BCUT2D eigenvalue weighted by molar-refractivity contribution is 0.0942. The molecule has 0 saturated carbocycles. The number of benzene rings is 3. The quantitative estimate of drug-likeness (QED) is 0.349. The van der Waals surface area contributed by atoms with Crippen LogP contribution in [-0.4, -0.2) is 30.8 Å². The molecule has 1 aromatic heterocycles. The number of nitrogens with one attached hydrogen (secondary N) is 3. The van der Waals surface area contributed by atoms with E-state index >= 15 is 0 Å². The molecule has 166 valence electrons. The van der Waals surface area contributed by atoms with Gasteiger partial charge in [-0.25, -0.2) is 18.1 Å². The van der Waals surface area contributed by atoms with Crippen LogP contribution in [0.25, 0.3) is 11.0 Å². The summed E-state index contributed by atoms with van der Waals surface area (Å²) < 4.78 is 27.3. The molecule has 0 unspecified atom stereocenters. The molecule has 4 aromatic rings. The van der Waals surface area contributed by atoms with Gasteiger partial charge >= 0.3 is 0 Å². The average molecular weight is 460 g/mol. The number of hydrogen-bond donors (Lipinski definition) is 3. The minimum atomic E-state index is -3.83. The van der Waals surface area contributed by atoms with Crippen LogP contribution in [0.15, 0.2) is 84.0 Å². The normalized spacial score (nSPS) is 12.2. The fraction of sp³-hybridized carbons (Fsp3) is 0.125. The zero-order chi connectivity index (χ0) is 23.3. The van der Waals surface area contributed by atoms with Crippen LogP contribution < -0.4 is 10.0 Å². The van der Waals surface area contributed by atoms with Crippen molar-refractivity contribution in [3.8, 4) is 6.07 Å². The molecule has 33 heavy (non-hydrogen) atoms. The van der Waals surface area contributed by atoms with Gasteiger partial charge in [0.1, 0.15) is 0 Å². The summed E-state index contributed by atoms with van der Waals surface area (Å²) in [7, 11) is -3.83. The van der Waals surface area contributed by atoms with Crippen molar-refractivity contribution in [2.75, 3.05) is 6.54 Å². The first kappa shape index (κ1) is 22.2. The van der Waals surface area contributed by atoms with Gasteiger partial charge in [-0.15, -0.1) is 0 Å². The number of nitrogens with zero attached hydrogens (tertiary/aromatic N) is 2. The molecule has 1 amide bonds. The number of aromatic amines is 1. The molecular formula is C24H21N5O3S. The maximum atomic E-state index is 13.2. The zero-order valence-corrected chi connectivity index (χ0v) is 18.3. The Morgan fingerprint density at radius 1 is 1.03 bits per heavy atom. The molecule has 0 bridgehead atoms. The third-order valence-corrected chi connectivity index (χ3v) is 6.58. The van der Waals surface area contributed by atoms with Crippen LogP contribution in [0.1, 0.15) is 33.9 Å². The zero-order valence-electron chi connectivity index (χ0n) is 17.5. The summed E-state index contributed by atoms with van der Waals surface area (Å²) in [6.07, 6.45) is 1.67. The smallest absolute Gasteiger partial charge is 0.252 e. The highest BCUT2D eigenvalue weighted by Gasteiger charge is 2.20. The van der Waals surface area contributed by atoms with Crippen LogP contribution in [0.5, 0.6) is 0 Å². The molecule has 0 spiro atoms. The number of imidazole rings is 1. The molecule has 1 atom stereocenters. The van der Waals surface area contributed by atoms with E-state index < -0.39 is 22.0 Å². The predicted octanol–water partition coefficient (Wildman–Crippen LogP) is 3.27. The third kappa shape index (κ3) is 5.09. The molecule has 0 saturated heterocycles. The number of aromatic nitrogens is 2. The Morgan fingerprint density at radius 3 is 2.64 bits per heavy atom. The van der Waals surface area contributed by atoms with Crippen LogP contribution >= 0.6 is 0 Å². The van der Waals surface area contributed by atoms with Gasteiger partial charge in [0.25, 0.3) is 5.91 Å². The minimum Gasteiger partial charge on any atom is -0.345 e. The van der Waals surface area contributed by atoms with E-state index in [0.717, 1.165) is 22.2 Å². The highest BCUT2D eigenvalue weighted by Crippen LogP contribution is 2.25. The molecule has 3 N–H and O–H groups in total. The van der Waals surface area contributed by atoms with Crippen molar-refractivity contribution in [2.45, 2.75) is 17.4 Å². The van der Waals surface area contributed by atoms with Gasteiger partial charge in [-0.05, 0) is 41.5 Å². The van der Waals surface area contributed by atoms with Gasteiger partial charge in [0, 0.05) is 18.5 Å². The Bertz CT molecular complexity index is 1430. The van der Waals surface area contributed by atoms with Gasteiger partial charge in [0.05, 0.1) is 34.4 Å². The van der Waals surface area contributed by atoms with Crippen molar-refractivity contribution in [3.05, 3.63) is 95.8 Å². The Balaban J connectivity index is 1.63. The average Bonchev–Trinajstić information content (AvgIpc) is 3.31. The minimum absolute atomic E-state index is 0.00141. The standard InChI is InChI=1S/C24H21N5O3S/c25-12-5-13-28-33(31,32)20-9-4-8-19(14-20)24(30)29-23(17-6-2-1-3-7-17)18-10-11-21-22(15-18)27-16-26-21/h1-4,6-11,14-16,23,28H,5,13H2,(H,26,27)(H,29,30)/t23-/m0/s1. The summed E-state index contributed by atoms with van der Waals surface area (Å²) in [5, 5.41) is 11.6. The van der Waals surface area contributed by atoms with Gasteiger partial charge in [-0.2, -0.15) is 5.26 Å². The second kappa shape index (κ2) is 9.65. The Morgan fingerprint density at radius 2 is 1.85 bits per heavy atom. The van der Waals surface area contributed by atoms with Crippen LogP contribution in [-0.2, 0) is 10.0 Å². The largest absolute Gasteiger partial charge is 0.345 e. The van der Waals surface area contributed by atoms with E-state index in [1.807, 2.05) is 54.6 Å². The summed E-state index contributed by atoms with van der Waals surface area (Å²) in [6.45, 7) is 0.00141. The van der Waals surface area contributed by atoms with Crippen molar-refractivity contribution in [1.29, 1.82) is 5.26 Å². The van der Waals surface area contributed by atoms with Crippen LogP contribution in [0.4, 0.5) is 0 Å². The lowest BCUT2D eigenvalue weighted by Gasteiger charge is -2.20. The topological polar surface area (TPSA) is 128 Å². The second-order valence-corrected chi connectivity index (χ2v) is 9.10. The summed E-state index contributed by atoms with van der Waals surface area (Å²) >= 11 is 0. The first-order valence-electron chi connectivity index (χ1n) is 10.2. The lowest BCUT2D eigenvalue weighted by Crippen LogP contribution is -2.30. The first-order valence-corrected chi connectivity index (χ1v) is 11.7. The number of carbonyl (C=O) groups excluding carboxylic acids is 1. The molecular weight excluding hydrogens is 438 g/mol. The molecule has 0 fully saturated rings. The highest BCUT2D eigenvalue weighted by atomic mass is 32.2. The summed E-state index contributed by atoms with van der Waals surface area (Å²) in [6, 6.07) is 22.5. The fourth-order valence-electron chi connectivity index (χ4n) is 3.48. The van der Waals surface area contributed by atoms with Crippen molar-refractivity contribution >= 4 is 27.0 Å². The van der Waals surface area contributed by atoms with E-state index in [9.17, 15) is 13.2 Å². The Labute approximate surface area is 191 Å². The van der Waals surface area contributed by atoms with E-state index in [0.29, 0.717) is 0 Å². The number of nitriles is 1. The molecule has 1 heterocycles. The molecule has 9 heteroatoms. The van der Waals surface area contributed by atoms with E-state index in [1.165, 1.54) is 18.2 Å².